The van der Waals surface area contributed by atoms with Crippen LogP contribution in [0.4, 0.5) is 0 Å². The maximum absolute atomic E-state index is 12.4. The average Bonchev–Trinajstić information content (AvgIpc) is 2.59. The van der Waals surface area contributed by atoms with E-state index in [9.17, 15) is 13.2 Å². The molecule has 0 unspecified atom stereocenters. The molecule has 0 aliphatic carbocycles. The number of pyridine rings is 1. The molecule has 0 amide bonds. The molecule has 0 spiro atoms. The first-order chi connectivity index (χ1) is 11.8. The van der Waals surface area contributed by atoms with Crippen LogP contribution in [-0.4, -0.2) is 38.4 Å². The SMILES string of the molecule is CCCOc1ccc(S(=O)(=O)N(C)C)cc1-c1ccc(C#N)c(=O)[nH]1. The molecule has 0 aliphatic heterocycles. The van der Waals surface area contributed by atoms with E-state index in [2.05, 4.69) is 4.98 Å². The summed E-state index contributed by atoms with van der Waals surface area (Å²) in [6.45, 7) is 2.40. The van der Waals surface area contributed by atoms with Crippen LogP contribution in [0.1, 0.15) is 18.9 Å². The van der Waals surface area contributed by atoms with Crippen molar-refractivity contribution < 1.29 is 13.2 Å². The third-order valence-corrected chi connectivity index (χ3v) is 5.32. The van der Waals surface area contributed by atoms with Gasteiger partial charge in [0.05, 0.1) is 17.2 Å². The van der Waals surface area contributed by atoms with Crippen LogP contribution in [0, 0.1) is 11.3 Å². The molecular formula is C17H19N3O4S. The molecule has 8 heteroatoms. The lowest BCUT2D eigenvalue weighted by Crippen LogP contribution is -2.22. The smallest absolute Gasteiger partial charge is 0.266 e. The predicted molar refractivity (Wildman–Crippen MR) is 93.9 cm³/mol. The van der Waals surface area contributed by atoms with E-state index in [-0.39, 0.29) is 10.5 Å². The number of hydrogen-bond donors (Lipinski definition) is 1. The van der Waals surface area contributed by atoms with E-state index in [1.807, 2.05) is 6.92 Å². The zero-order valence-corrected chi connectivity index (χ0v) is 15.1. The van der Waals surface area contributed by atoms with Gasteiger partial charge < -0.3 is 9.72 Å². The second-order valence-electron chi connectivity index (χ2n) is 5.52. The fraction of sp³-hybridized carbons (Fsp3) is 0.294. The summed E-state index contributed by atoms with van der Waals surface area (Å²) < 4.78 is 31.5. The quantitative estimate of drug-likeness (QED) is 0.847. The van der Waals surface area contributed by atoms with Crippen molar-refractivity contribution in [2.24, 2.45) is 0 Å². The lowest BCUT2D eigenvalue weighted by molar-refractivity contribution is 0.318. The molecule has 7 nitrogen and oxygen atoms in total. The zero-order valence-electron chi connectivity index (χ0n) is 14.2. The van der Waals surface area contributed by atoms with E-state index in [4.69, 9.17) is 10.00 Å². The van der Waals surface area contributed by atoms with Gasteiger partial charge in [0, 0.05) is 19.7 Å². The zero-order chi connectivity index (χ0) is 18.6. The van der Waals surface area contributed by atoms with Crippen LogP contribution in [0.2, 0.25) is 0 Å². The van der Waals surface area contributed by atoms with Gasteiger partial charge in [0.15, 0.2) is 0 Å². The van der Waals surface area contributed by atoms with Gasteiger partial charge in [-0.25, -0.2) is 12.7 Å². The molecule has 0 bridgehead atoms. The van der Waals surface area contributed by atoms with Gasteiger partial charge in [0.1, 0.15) is 17.4 Å². The van der Waals surface area contributed by atoms with Gasteiger partial charge in [-0.3, -0.25) is 4.79 Å². The highest BCUT2D eigenvalue weighted by Crippen LogP contribution is 2.31. The lowest BCUT2D eigenvalue weighted by Gasteiger charge is -2.15. The number of nitrogens with one attached hydrogen (secondary N) is 1. The summed E-state index contributed by atoms with van der Waals surface area (Å²) in [6, 6.07) is 9.23. The Labute approximate surface area is 146 Å². The van der Waals surface area contributed by atoms with E-state index >= 15 is 0 Å². The maximum atomic E-state index is 12.4. The van der Waals surface area contributed by atoms with Gasteiger partial charge >= 0.3 is 0 Å². The van der Waals surface area contributed by atoms with Gasteiger partial charge in [-0.2, -0.15) is 5.26 Å². The topological polar surface area (TPSA) is 103 Å². The average molecular weight is 361 g/mol. The van der Waals surface area contributed by atoms with Crippen molar-refractivity contribution in [1.82, 2.24) is 9.29 Å². The lowest BCUT2D eigenvalue weighted by atomic mass is 10.1. The van der Waals surface area contributed by atoms with Crippen molar-refractivity contribution in [2.75, 3.05) is 20.7 Å². The van der Waals surface area contributed by atoms with Crippen molar-refractivity contribution in [1.29, 1.82) is 5.26 Å². The summed E-state index contributed by atoms with van der Waals surface area (Å²) in [6.07, 6.45) is 0.779. The normalized spacial score (nSPS) is 11.3. The molecule has 0 aliphatic rings. The van der Waals surface area contributed by atoms with Crippen molar-refractivity contribution in [3.05, 3.63) is 46.2 Å². The number of sulfonamides is 1. The summed E-state index contributed by atoms with van der Waals surface area (Å²) in [5.41, 5.74) is 0.267. The Morgan fingerprint density at radius 3 is 2.52 bits per heavy atom. The van der Waals surface area contributed by atoms with Crippen LogP contribution in [-0.2, 0) is 10.0 Å². The Balaban J connectivity index is 2.65. The number of ether oxygens (including phenoxy) is 1. The standard InChI is InChI=1S/C17H19N3O4S/c1-4-9-24-16-8-6-13(25(22,23)20(2)3)10-14(16)15-7-5-12(11-18)17(21)19-15/h5-8,10H,4,9H2,1-3H3,(H,19,21). The van der Waals surface area contributed by atoms with Gasteiger partial charge in [0.25, 0.3) is 5.56 Å². The minimum Gasteiger partial charge on any atom is -0.493 e. The Morgan fingerprint density at radius 2 is 1.96 bits per heavy atom. The number of nitrogens with zero attached hydrogens (tertiary/aromatic N) is 2. The van der Waals surface area contributed by atoms with Gasteiger partial charge in [-0.05, 0) is 36.8 Å². The maximum Gasteiger partial charge on any atom is 0.266 e. The monoisotopic (exact) mass is 361 g/mol. The highest BCUT2D eigenvalue weighted by atomic mass is 32.2. The molecule has 0 saturated heterocycles. The summed E-state index contributed by atoms with van der Waals surface area (Å²) in [4.78, 5) is 14.6. The molecule has 0 atom stereocenters. The molecule has 2 aromatic rings. The fourth-order valence-corrected chi connectivity index (χ4v) is 3.08. The first-order valence-corrected chi connectivity index (χ1v) is 9.08. The van der Waals surface area contributed by atoms with E-state index in [0.29, 0.717) is 23.6 Å². The summed E-state index contributed by atoms with van der Waals surface area (Å²) in [5, 5.41) is 8.88. The third-order valence-electron chi connectivity index (χ3n) is 3.51. The first kappa shape index (κ1) is 18.7. The number of H-pyrrole nitrogens is 1. The second-order valence-corrected chi connectivity index (χ2v) is 7.67. The number of rotatable bonds is 6. The van der Waals surface area contributed by atoms with Crippen molar-refractivity contribution in [2.45, 2.75) is 18.2 Å². The largest absolute Gasteiger partial charge is 0.493 e. The highest BCUT2D eigenvalue weighted by molar-refractivity contribution is 7.89. The molecule has 1 heterocycles. The number of aromatic nitrogens is 1. The molecule has 0 fully saturated rings. The highest BCUT2D eigenvalue weighted by Gasteiger charge is 2.20. The van der Waals surface area contributed by atoms with E-state index in [1.165, 1.54) is 32.3 Å². The number of hydrogen-bond acceptors (Lipinski definition) is 5. The molecule has 0 saturated carbocycles. The third kappa shape index (κ3) is 3.90. The van der Waals surface area contributed by atoms with Gasteiger partial charge in [-0.1, -0.05) is 6.92 Å². The molecular weight excluding hydrogens is 342 g/mol. The summed E-state index contributed by atoms with van der Waals surface area (Å²) >= 11 is 0. The Morgan fingerprint density at radius 1 is 1.24 bits per heavy atom. The Bertz CT molecular complexity index is 972. The van der Waals surface area contributed by atoms with E-state index in [0.717, 1.165) is 10.7 Å². The second kappa shape index (κ2) is 7.51. The molecule has 1 aromatic carbocycles. The fourth-order valence-electron chi connectivity index (χ4n) is 2.15. The summed E-state index contributed by atoms with van der Waals surface area (Å²) in [7, 11) is -0.745. The van der Waals surface area contributed by atoms with Crippen LogP contribution in [0.25, 0.3) is 11.3 Å². The minimum atomic E-state index is -3.63. The first-order valence-electron chi connectivity index (χ1n) is 7.64. The van der Waals surface area contributed by atoms with Crippen LogP contribution >= 0.6 is 0 Å². The van der Waals surface area contributed by atoms with E-state index < -0.39 is 15.6 Å². The van der Waals surface area contributed by atoms with E-state index in [1.54, 1.807) is 18.2 Å². The van der Waals surface area contributed by atoms with Gasteiger partial charge in [0.2, 0.25) is 10.0 Å². The summed E-state index contributed by atoms with van der Waals surface area (Å²) in [5.74, 6) is 0.458. The van der Waals surface area contributed by atoms with Crippen molar-refractivity contribution >= 4 is 10.0 Å². The van der Waals surface area contributed by atoms with Crippen LogP contribution in [0.3, 0.4) is 0 Å². The number of nitriles is 1. The molecule has 1 N–H and O–H groups in total. The molecule has 0 radical (unpaired) electrons. The van der Waals surface area contributed by atoms with Crippen molar-refractivity contribution in [3.8, 4) is 23.1 Å². The molecule has 2 rings (SSSR count). The van der Waals surface area contributed by atoms with Crippen LogP contribution in [0.5, 0.6) is 5.75 Å². The molecule has 25 heavy (non-hydrogen) atoms. The minimum absolute atomic E-state index is 0.0168. The Kier molecular flexibility index (Phi) is 5.62. The number of benzene rings is 1. The van der Waals surface area contributed by atoms with Crippen LogP contribution in [0.15, 0.2) is 40.0 Å². The molecule has 132 valence electrons. The van der Waals surface area contributed by atoms with Crippen LogP contribution < -0.4 is 10.3 Å². The van der Waals surface area contributed by atoms with Gasteiger partial charge in [-0.15, -0.1) is 0 Å². The van der Waals surface area contributed by atoms with Crippen molar-refractivity contribution in [3.63, 3.8) is 0 Å². The predicted octanol–water partition coefficient (Wildman–Crippen LogP) is 1.95. The number of aromatic amines is 1. The molecule has 1 aromatic heterocycles. The Hall–Kier alpha value is -2.63.